The van der Waals surface area contributed by atoms with E-state index in [2.05, 4.69) is 15.5 Å². The molecule has 0 aliphatic heterocycles. The number of hydrogen-bond acceptors (Lipinski definition) is 8. The van der Waals surface area contributed by atoms with E-state index in [1.54, 1.807) is 0 Å². The number of aromatic nitrogens is 2. The molecule has 0 saturated carbocycles. The summed E-state index contributed by atoms with van der Waals surface area (Å²) < 4.78 is 32.4. The van der Waals surface area contributed by atoms with Crippen molar-refractivity contribution < 1.29 is 17.6 Å². The number of amides is 1. The summed E-state index contributed by atoms with van der Waals surface area (Å²) in [7, 11) is -3.92. The molecular weight excluding hydrogens is 456 g/mol. The van der Waals surface area contributed by atoms with Gasteiger partial charge in [0.1, 0.15) is 0 Å². The molecule has 1 heterocycles. The van der Waals surface area contributed by atoms with E-state index in [1.807, 2.05) is 44.2 Å². The molecule has 3 rings (SSSR count). The van der Waals surface area contributed by atoms with Crippen LogP contribution >= 0.6 is 0 Å². The number of rotatable bonds is 9. The third-order valence-corrected chi connectivity index (χ3v) is 6.87. The number of anilines is 1. The monoisotopic (exact) mass is 478 g/mol. The van der Waals surface area contributed by atoms with Crippen molar-refractivity contribution in [2.45, 2.75) is 31.6 Å². The third kappa shape index (κ3) is 5.64. The summed E-state index contributed by atoms with van der Waals surface area (Å²) in [5, 5.41) is 27.9. The summed E-state index contributed by atoms with van der Waals surface area (Å²) in [5.74, 6) is -0.283. The largest absolute Gasteiger partial charge is 0.403 e. The molecule has 11 heteroatoms. The predicted octanol–water partition coefficient (Wildman–Crippen LogP) is 3.42. The normalized spacial score (nSPS) is 11.1. The Labute approximate surface area is 197 Å². The molecule has 174 valence electrons. The van der Waals surface area contributed by atoms with E-state index in [-0.39, 0.29) is 48.3 Å². The van der Waals surface area contributed by atoms with E-state index >= 15 is 0 Å². The van der Waals surface area contributed by atoms with Crippen molar-refractivity contribution >= 4 is 21.9 Å². The maximum atomic E-state index is 12.9. The first kappa shape index (κ1) is 24.6. The van der Waals surface area contributed by atoms with Crippen molar-refractivity contribution in [1.82, 2.24) is 14.5 Å². The summed E-state index contributed by atoms with van der Waals surface area (Å²) in [6.45, 7) is 3.84. The van der Waals surface area contributed by atoms with Crippen LogP contribution in [0.1, 0.15) is 34.3 Å². The number of nitrogens with zero attached hydrogens (tertiary/aromatic N) is 5. The quantitative estimate of drug-likeness (QED) is 0.491. The molecular formula is C23H22N6O4S. The Hall–Kier alpha value is -4.06. The van der Waals surface area contributed by atoms with Gasteiger partial charge in [-0.05, 0) is 49.7 Å². The lowest BCUT2D eigenvalue weighted by atomic mass is 10.1. The average molecular weight is 479 g/mol. The van der Waals surface area contributed by atoms with E-state index in [0.717, 1.165) is 21.0 Å². The Bertz CT molecular complexity index is 1350. The zero-order chi connectivity index (χ0) is 24.7. The van der Waals surface area contributed by atoms with Crippen LogP contribution in [0.25, 0.3) is 11.5 Å². The molecule has 0 unspecified atom stereocenters. The maximum Gasteiger partial charge on any atom is 0.322 e. The van der Waals surface area contributed by atoms with Gasteiger partial charge in [-0.1, -0.05) is 22.8 Å². The van der Waals surface area contributed by atoms with E-state index in [9.17, 15) is 13.2 Å². The number of carbonyl (C=O) groups excluding carboxylic acids is 1. The number of sulfonamides is 1. The number of nitrogens with one attached hydrogen (secondary N) is 1. The first-order chi connectivity index (χ1) is 16.3. The van der Waals surface area contributed by atoms with Gasteiger partial charge in [-0.25, -0.2) is 8.42 Å². The van der Waals surface area contributed by atoms with Crippen LogP contribution in [0.4, 0.5) is 6.01 Å². The lowest BCUT2D eigenvalue weighted by molar-refractivity contribution is 0.102. The van der Waals surface area contributed by atoms with Gasteiger partial charge in [0.15, 0.2) is 0 Å². The van der Waals surface area contributed by atoms with E-state index in [0.29, 0.717) is 0 Å². The van der Waals surface area contributed by atoms with Gasteiger partial charge in [-0.15, -0.1) is 5.10 Å². The van der Waals surface area contributed by atoms with Crippen LogP contribution in [0, 0.1) is 36.5 Å². The smallest absolute Gasteiger partial charge is 0.322 e. The summed E-state index contributed by atoms with van der Waals surface area (Å²) in [6.07, 6.45) is -0.00113. The fraction of sp³-hybridized carbons (Fsp3) is 0.261. The molecule has 1 aromatic heterocycles. The summed E-state index contributed by atoms with van der Waals surface area (Å²) in [4.78, 5) is 12.5. The molecule has 0 fully saturated rings. The molecule has 0 bridgehead atoms. The van der Waals surface area contributed by atoms with E-state index in [1.165, 1.54) is 24.3 Å². The molecule has 1 amide bonds. The van der Waals surface area contributed by atoms with Gasteiger partial charge in [0.25, 0.3) is 5.91 Å². The molecule has 1 N–H and O–H groups in total. The Morgan fingerprint density at radius 1 is 1.03 bits per heavy atom. The zero-order valence-corrected chi connectivity index (χ0v) is 19.5. The minimum atomic E-state index is -3.92. The van der Waals surface area contributed by atoms with Crippen molar-refractivity contribution in [1.29, 1.82) is 10.5 Å². The van der Waals surface area contributed by atoms with Crippen molar-refractivity contribution in [3.05, 3.63) is 59.2 Å². The lowest BCUT2D eigenvalue weighted by Crippen LogP contribution is -2.32. The summed E-state index contributed by atoms with van der Waals surface area (Å²) in [5.41, 5.74) is 2.99. The van der Waals surface area contributed by atoms with Gasteiger partial charge >= 0.3 is 6.01 Å². The minimum Gasteiger partial charge on any atom is -0.403 e. The first-order valence-corrected chi connectivity index (χ1v) is 11.8. The van der Waals surface area contributed by atoms with Gasteiger partial charge < -0.3 is 4.42 Å². The maximum absolute atomic E-state index is 12.9. The van der Waals surface area contributed by atoms with Crippen LogP contribution in [0.3, 0.4) is 0 Å². The van der Waals surface area contributed by atoms with E-state index < -0.39 is 15.9 Å². The predicted molar refractivity (Wildman–Crippen MR) is 123 cm³/mol. The van der Waals surface area contributed by atoms with Crippen LogP contribution in [0.5, 0.6) is 0 Å². The van der Waals surface area contributed by atoms with Crippen molar-refractivity contribution in [3.8, 4) is 23.6 Å². The first-order valence-electron chi connectivity index (χ1n) is 10.3. The van der Waals surface area contributed by atoms with Crippen LogP contribution in [-0.4, -0.2) is 41.9 Å². The Morgan fingerprint density at radius 2 is 1.68 bits per heavy atom. The minimum absolute atomic E-state index is 0.000564. The zero-order valence-electron chi connectivity index (χ0n) is 18.6. The topological polar surface area (TPSA) is 153 Å². The van der Waals surface area contributed by atoms with Gasteiger partial charge in [-0.3, -0.25) is 10.1 Å². The fourth-order valence-electron chi connectivity index (χ4n) is 3.23. The van der Waals surface area contributed by atoms with Gasteiger partial charge in [0.2, 0.25) is 15.9 Å². The molecule has 10 nitrogen and oxygen atoms in total. The van der Waals surface area contributed by atoms with Crippen LogP contribution in [0.15, 0.2) is 51.8 Å². The fourth-order valence-corrected chi connectivity index (χ4v) is 4.68. The molecule has 2 aromatic carbocycles. The van der Waals surface area contributed by atoms with Crippen molar-refractivity contribution in [2.24, 2.45) is 0 Å². The van der Waals surface area contributed by atoms with Crippen LogP contribution < -0.4 is 5.32 Å². The number of benzene rings is 2. The number of nitriles is 2. The second kappa shape index (κ2) is 10.7. The second-order valence-electron chi connectivity index (χ2n) is 7.43. The molecule has 0 atom stereocenters. The van der Waals surface area contributed by atoms with E-state index in [4.69, 9.17) is 14.9 Å². The van der Waals surface area contributed by atoms with Gasteiger partial charge in [0, 0.05) is 37.1 Å². The van der Waals surface area contributed by atoms with Crippen LogP contribution in [-0.2, 0) is 10.0 Å². The summed E-state index contributed by atoms with van der Waals surface area (Å²) in [6, 6.07) is 14.8. The highest BCUT2D eigenvalue weighted by atomic mass is 32.2. The SMILES string of the molecule is Cc1ccc(-c2nnc(NC(=O)c3ccc(S(=O)(=O)N(CCC#N)CCC#N)cc3)o2)c(C)c1. The second-order valence-corrected chi connectivity index (χ2v) is 9.37. The molecule has 3 aromatic rings. The summed E-state index contributed by atoms with van der Waals surface area (Å²) >= 11 is 0. The van der Waals surface area contributed by atoms with Crippen molar-refractivity contribution in [3.63, 3.8) is 0 Å². The van der Waals surface area contributed by atoms with Crippen molar-refractivity contribution in [2.75, 3.05) is 18.4 Å². The number of hydrogen-bond donors (Lipinski definition) is 1. The average Bonchev–Trinajstić information content (AvgIpc) is 3.27. The third-order valence-electron chi connectivity index (χ3n) is 4.96. The highest BCUT2D eigenvalue weighted by Gasteiger charge is 2.24. The molecule has 0 saturated heterocycles. The Kier molecular flexibility index (Phi) is 7.74. The number of carbonyl (C=O) groups is 1. The van der Waals surface area contributed by atoms with Crippen LogP contribution in [0.2, 0.25) is 0 Å². The molecule has 0 radical (unpaired) electrons. The Balaban J connectivity index is 1.73. The lowest BCUT2D eigenvalue weighted by Gasteiger charge is -2.20. The molecule has 34 heavy (non-hydrogen) atoms. The van der Waals surface area contributed by atoms with Gasteiger partial charge in [0.05, 0.1) is 17.0 Å². The number of aryl methyl sites for hydroxylation is 2. The van der Waals surface area contributed by atoms with Gasteiger partial charge in [-0.2, -0.15) is 14.8 Å². The molecule has 0 aliphatic carbocycles. The highest BCUT2D eigenvalue weighted by molar-refractivity contribution is 7.89. The standard InChI is InChI=1S/C23H22N6O4S/c1-16-5-10-20(17(2)15-16)22-27-28-23(33-22)26-21(30)18-6-8-19(9-7-18)34(31,32)29(13-3-11-24)14-4-12-25/h5-10,15H,3-4,13-14H2,1-2H3,(H,26,28,30). The highest BCUT2D eigenvalue weighted by Crippen LogP contribution is 2.24. The molecule has 0 aliphatic rings. The Morgan fingerprint density at radius 3 is 2.26 bits per heavy atom. The molecule has 0 spiro atoms.